The van der Waals surface area contributed by atoms with Gasteiger partial charge >= 0.3 is 0 Å². The molecule has 43 heavy (non-hydrogen) atoms. The van der Waals surface area contributed by atoms with Crippen LogP contribution in [0.1, 0.15) is 0 Å². The fourth-order valence-corrected chi connectivity index (χ4v) is 6.52. The zero-order chi connectivity index (χ0) is 29.6. The Bertz CT molecular complexity index is 2110. The molecule has 0 atom stereocenters. The van der Waals surface area contributed by atoms with E-state index in [1.54, 1.807) is 0 Å². The normalized spacial score (nSPS) is 10.7. The molecule has 208 valence electrons. The second kappa shape index (κ2) is 13.9. The molecule has 0 saturated heterocycles. The van der Waals surface area contributed by atoms with Crippen LogP contribution < -0.4 is 0 Å². The van der Waals surface area contributed by atoms with E-state index in [1.807, 2.05) is 18.2 Å². The van der Waals surface area contributed by atoms with Crippen molar-refractivity contribution in [1.29, 1.82) is 0 Å². The van der Waals surface area contributed by atoms with Crippen molar-refractivity contribution in [2.75, 3.05) is 0 Å². The fraction of sp³-hybridized carbons (Fsp3) is 0. The predicted octanol–water partition coefficient (Wildman–Crippen LogP) is 13.5. The van der Waals surface area contributed by atoms with E-state index >= 15 is 0 Å². The van der Waals surface area contributed by atoms with Gasteiger partial charge in [0.05, 0.1) is 0 Å². The minimum atomic E-state index is 1.13. The van der Waals surface area contributed by atoms with Crippen molar-refractivity contribution in [3.8, 4) is 11.1 Å². The summed E-state index contributed by atoms with van der Waals surface area (Å²) < 4.78 is 3.55. The molecule has 0 spiro atoms. The van der Waals surface area contributed by atoms with Crippen molar-refractivity contribution in [2.45, 2.75) is 0 Å². The molecule has 0 heterocycles. The second-order valence-electron chi connectivity index (χ2n) is 10.1. The highest BCUT2D eigenvalue weighted by molar-refractivity contribution is 14.1. The van der Waals surface area contributed by atoms with E-state index in [1.165, 1.54) is 62.3 Å². The van der Waals surface area contributed by atoms with Gasteiger partial charge in [-0.25, -0.2) is 0 Å². The van der Waals surface area contributed by atoms with Crippen molar-refractivity contribution >= 4 is 97.5 Å². The summed E-state index contributed by atoms with van der Waals surface area (Å²) in [6.45, 7) is 0. The van der Waals surface area contributed by atoms with E-state index in [-0.39, 0.29) is 0 Å². The second-order valence-corrected chi connectivity index (χ2v) is 13.0. The molecule has 0 nitrogen and oxygen atoms in total. The molecule has 0 aliphatic carbocycles. The largest absolute Gasteiger partial charge is 0.0616 e. The number of halogens is 3. The molecule has 0 aromatic heterocycles. The Hall–Kier alpha value is -3.51. The summed E-state index contributed by atoms with van der Waals surface area (Å²) in [7, 11) is 0. The van der Waals surface area contributed by atoms with Gasteiger partial charge in [-0.3, -0.25) is 0 Å². The lowest BCUT2D eigenvalue weighted by atomic mass is 9.93. The van der Waals surface area contributed by atoms with E-state index < -0.39 is 0 Å². The first-order valence-corrected chi connectivity index (χ1v) is 16.7. The molecular formula is C40H27Br2I. The fourth-order valence-electron chi connectivity index (χ4n) is 5.35. The smallest absolute Gasteiger partial charge is 0.0308 e. The number of benzene rings is 8. The summed E-state index contributed by atoms with van der Waals surface area (Å²) in [5.41, 5.74) is 2.51. The van der Waals surface area contributed by atoms with Gasteiger partial charge < -0.3 is 0 Å². The van der Waals surface area contributed by atoms with E-state index in [2.05, 4.69) is 200 Å². The minimum Gasteiger partial charge on any atom is -0.0616 e. The average molecular weight is 794 g/mol. The van der Waals surface area contributed by atoms with Crippen molar-refractivity contribution < 1.29 is 0 Å². The van der Waals surface area contributed by atoms with Crippen molar-refractivity contribution in [1.82, 2.24) is 0 Å². The Labute approximate surface area is 282 Å². The van der Waals surface area contributed by atoms with Crippen LogP contribution in [0.3, 0.4) is 0 Å². The van der Waals surface area contributed by atoms with E-state index in [0.29, 0.717) is 0 Å². The van der Waals surface area contributed by atoms with Crippen LogP contribution in [0.15, 0.2) is 173 Å². The first kappa shape index (κ1) is 29.6. The standard InChI is InChI=1S/C20H13Br.C14H10.C6H4BrI/c21-20-12-6-5-11-18(20)19-13-14-7-1-2-8-15(14)16-9-3-4-10-17(16)19;1-3-7-13-11(5-1)9-10-12-6-2-4-8-14(12)13;7-5-3-1-2-4-6(5)8/h1-13H;1-10H;1-4H. The Morgan fingerprint density at radius 1 is 0.326 bits per heavy atom. The SMILES string of the molecule is Brc1ccccc1-c1cc2ccccc2c2ccccc12.Brc1ccccc1I.c1ccc2c(c1)ccc1ccccc12. The summed E-state index contributed by atoms with van der Waals surface area (Å²) in [5, 5.41) is 10.5. The Morgan fingerprint density at radius 2 is 0.744 bits per heavy atom. The van der Waals surface area contributed by atoms with Gasteiger partial charge in [0, 0.05) is 12.5 Å². The van der Waals surface area contributed by atoms with E-state index in [0.717, 1.165) is 4.47 Å². The predicted molar refractivity (Wildman–Crippen MR) is 203 cm³/mol. The molecule has 8 aromatic rings. The van der Waals surface area contributed by atoms with Crippen molar-refractivity contribution in [3.05, 3.63) is 176 Å². The zero-order valence-electron chi connectivity index (χ0n) is 23.2. The number of rotatable bonds is 1. The van der Waals surface area contributed by atoms with Crippen LogP contribution in [-0.4, -0.2) is 0 Å². The first-order valence-electron chi connectivity index (χ1n) is 14.0. The quantitative estimate of drug-likeness (QED) is 0.115. The van der Waals surface area contributed by atoms with Crippen LogP contribution in [0, 0.1) is 3.57 Å². The molecule has 8 aromatic carbocycles. The molecule has 0 unspecified atom stereocenters. The maximum absolute atomic E-state index is 3.68. The van der Waals surface area contributed by atoms with Gasteiger partial charge in [-0.05, 0) is 117 Å². The highest BCUT2D eigenvalue weighted by Crippen LogP contribution is 2.37. The molecule has 0 aliphatic heterocycles. The van der Waals surface area contributed by atoms with Crippen LogP contribution in [-0.2, 0) is 0 Å². The first-order chi connectivity index (χ1) is 21.1. The monoisotopic (exact) mass is 792 g/mol. The maximum atomic E-state index is 3.68. The van der Waals surface area contributed by atoms with Gasteiger partial charge in [0.2, 0.25) is 0 Å². The molecule has 8 rings (SSSR count). The number of fused-ring (bicyclic) bond motifs is 6. The zero-order valence-corrected chi connectivity index (χ0v) is 28.6. The summed E-state index contributed by atoms with van der Waals surface area (Å²) in [5.74, 6) is 0. The molecular weight excluding hydrogens is 767 g/mol. The van der Waals surface area contributed by atoms with Gasteiger partial charge in [0.25, 0.3) is 0 Å². The summed E-state index contributed by atoms with van der Waals surface area (Å²) in [6, 6.07) is 57.4. The Kier molecular flexibility index (Phi) is 9.52. The van der Waals surface area contributed by atoms with E-state index in [4.69, 9.17) is 0 Å². The average Bonchev–Trinajstić information content (AvgIpc) is 3.07. The molecule has 0 aliphatic rings. The molecule has 0 bridgehead atoms. The molecule has 0 amide bonds. The molecule has 0 saturated carbocycles. The van der Waals surface area contributed by atoms with Crippen LogP contribution in [0.5, 0.6) is 0 Å². The third kappa shape index (κ3) is 6.70. The lowest BCUT2D eigenvalue weighted by molar-refractivity contribution is 1.59. The van der Waals surface area contributed by atoms with E-state index in [9.17, 15) is 0 Å². The molecule has 3 heteroatoms. The van der Waals surface area contributed by atoms with Crippen molar-refractivity contribution in [2.24, 2.45) is 0 Å². The molecule has 0 fully saturated rings. The maximum Gasteiger partial charge on any atom is 0.0308 e. The summed E-state index contributed by atoms with van der Waals surface area (Å²) >= 11 is 9.35. The Balaban J connectivity index is 0.000000128. The molecule has 0 radical (unpaired) electrons. The lowest BCUT2D eigenvalue weighted by Gasteiger charge is -2.12. The van der Waals surface area contributed by atoms with Gasteiger partial charge in [0.15, 0.2) is 0 Å². The highest BCUT2D eigenvalue weighted by Gasteiger charge is 2.10. The van der Waals surface area contributed by atoms with Gasteiger partial charge in [0.1, 0.15) is 0 Å². The van der Waals surface area contributed by atoms with Gasteiger partial charge in [-0.15, -0.1) is 0 Å². The van der Waals surface area contributed by atoms with Crippen LogP contribution >= 0.6 is 54.5 Å². The topological polar surface area (TPSA) is 0 Å². The van der Waals surface area contributed by atoms with Crippen molar-refractivity contribution in [3.63, 3.8) is 0 Å². The highest BCUT2D eigenvalue weighted by atomic mass is 127. The number of hydrogen-bond donors (Lipinski definition) is 0. The number of hydrogen-bond acceptors (Lipinski definition) is 0. The molecule has 0 N–H and O–H groups in total. The minimum absolute atomic E-state index is 1.13. The lowest BCUT2D eigenvalue weighted by Crippen LogP contribution is -1.85. The third-order valence-corrected chi connectivity index (χ3v) is 10.5. The van der Waals surface area contributed by atoms with Crippen LogP contribution in [0.2, 0.25) is 0 Å². The third-order valence-electron chi connectivity index (χ3n) is 7.41. The Morgan fingerprint density at radius 3 is 1.28 bits per heavy atom. The van der Waals surface area contributed by atoms with Gasteiger partial charge in [-0.2, -0.15) is 0 Å². The summed E-state index contributed by atoms with van der Waals surface area (Å²) in [6.07, 6.45) is 0. The summed E-state index contributed by atoms with van der Waals surface area (Å²) in [4.78, 5) is 0. The van der Waals surface area contributed by atoms with Gasteiger partial charge in [-0.1, -0.05) is 155 Å². The van der Waals surface area contributed by atoms with Crippen LogP contribution in [0.4, 0.5) is 0 Å². The van der Waals surface area contributed by atoms with Crippen LogP contribution in [0.25, 0.3) is 54.2 Å².